The van der Waals surface area contributed by atoms with Gasteiger partial charge in [-0.3, -0.25) is 4.79 Å². The molecule has 2 rings (SSSR count). The minimum absolute atomic E-state index is 0.0162. The van der Waals surface area contributed by atoms with Gasteiger partial charge in [0.05, 0.1) is 10.6 Å². The first-order chi connectivity index (χ1) is 13.7. The summed E-state index contributed by atoms with van der Waals surface area (Å²) in [6.45, 7) is 2.61. The van der Waals surface area contributed by atoms with E-state index in [4.69, 9.17) is 33.0 Å². The van der Waals surface area contributed by atoms with Crippen molar-refractivity contribution in [2.24, 2.45) is 0 Å². The number of hydrogen-bond donors (Lipinski definition) is 1. The number of ether oxygens (including phenoxy) is 1. The lowest BCUT2D eigenvalue weighted by Crippen LogP contribution is -2.37. The normalized spacial score (nSPS) is 12.3. The van der Waals surface area contributed by atoms with Gasteiger partial charge in [-0.15, -0.1) is 0 Å². The van der Waals surface area contributed by atoms with Crippen molar-refractivity contribution >= 4 is 41.0 Å². The number of halogens is 6. The fraction of sp³-hybridized carbons (Fsp3) is 0.200. The van der Waals surface area contributed by atoms with Crippen LogP contribution in [-0.4, -0.2) is 22.5 Å². The van der Waals surface area contributed by atoms with Gasteiger partial charge in [0, 0.05) is 5.56 Å². The van der Waals surface area contributed by atoms with E-state index in [9.17, 15) is 27.2 Å². The molecule has 0 heterocycles. The second kappa shape index (κ2) is 8.65. The van der Waals surface area contributed by atoms with Crippen molar-refractivity contribution < 1.29 is 37.0 Å². The molecule has 0 aliphatic heterocycles. The summed E-state index contributed by atoms with van der Waals surface area (Å²) in [5, 5.41) is 8.92. The number of allylic oxidation sites excluding steroid dienone is 1. The molecule has 0 saturated carbocycles. The van der Waals surface area contributed by atoms with E-state index < -0.39 is 40.5 Å². The Kier molecular flexibility index (Phi) is 6.83. The van der Waals surface area contributed by atoms with Crippen molar-refractivity contribution in [1.29, 1.82) is 0 Å². The Morgan fingerprint density at radius 3 is 2.27 bits per heavy atom. The van der Waals surface area contributed by atoms with Crippen LogP contribution in [0.4, 0.5) is 17.6 Å². The van der Waals surface area contributed by atoms with Crippen molar-refractivity contribution in [3.63, 3.8) is 0 Å². The van der Waals surface area contributed by atoms with E-state index in [0.717, 1.165) is 6.08 Å². The van der Waals surface area contributed by atoms with Crippen LogP contribution >= 0.6 is 23.2 Å². The second-order valence-electron chi connectivity index (χ2n) is 6.62. The third-order valence-electron chi connectivity index (χ3n) is 3.88. The predicted octanol–water partition coefficient (Wildman–Crippen LogP) is 6.29. The van der Waals surface area contributed by atoms with E-state index in [1.165, 1.54) is 32.1 Å². The summed E-state index contributed by atoms with van der Waals surface area (Å²) in [5.74, 6) is -3.35. The highest BCUT2D eigenvalue weighted by Crippen LogP contribution is 2.37. The van der Waals surface area contributed by atoms with Crippen molar-refractivity contribution in [2.45, 2.75) is 25.6 Å². The molecule has 30 heavy (non-hydrogen) atoms. The first-order valence-corrected chi connectivity index (χ1v) is 8.98. The SMILES string of the molecule is CC(C)(Oc1ccc(C=CC(=O)c2cc(F)cc(C(F)(F)F)c2)c(Cl)c1Cl)C(=O)O. The van der Waals surface area contributed by atoms with E-state index in [2.05, 4.69) is 0 Å². The number of carbonyl (C=O) groups excluding carboxylic acids is 1. The number of aliphatic carboxylic acids is 1. The number of carbonyl (C=O) groups is 2. The molecular formula is C20H14Cl2F4O4. The molecule has 0 spiro atoms. The van der Waals surface area contributed by atoms with Crippen LogP contribution < -0.4 is 4.74 Å². The molecule has 0 amide bonds. The summed E-state index contributed by atoms with van der Waals surface area (Å²) in [4.78, 5) is 23.4. The lowest BCUT2D eigenvalue weighted by atomic mass is 10.0. The van der Waals surface area contributed by atoms with Gasteiger partial charge in [-0.05, 0) is 61.9 Å². The molecule has 0 aliphatic rings. The molecule has 2 aromatic rings. The number of hydrogen-bond acceptors (Lipinski definition) is 3. The van der Waals surface area contributed by atoms with Gasteiger partial charge in [-0.25, -0.2) is 9.18 Å². The Hall–Kier alpha value is -2.58. The number of rotatable bonds is 6. The molecule has 160 valence electrons. The summed E-state index contributed by atoms with van der Waals surface area (Å²) >= 11 is 12.2. The summed E-state index contributed by atoms with van der Waals surface area (Å²) in [6, 6.07) is 4.20. The van der Waals surface area contributed by atoms with Crippen LogP contribution in [0.15, 0.2) is 36.4 Å². The van der Waals surface area contributed by atoms with E-state index >= 15 is 0 Å². The zero-order chi connectivity index (χ0) is 22.9. The maximum absolute atomic E-state index is 13.5. The Balaban J connectivity index is 2.31. The highest BCUT2D eigenvalue weighted by atomic mass is 35.5. The fourth-order valence-corrected chi connectivity index (χ4v) is 2.66. The van der Waals surface area contributed by atoms with Gasteiger partial charge >= 0.3 is 12.1 Å². The topological polar surface area (TPSA) is 63.6 Å². The van der Waals surface area contributed by atoms with Crippen molar-refractivity contribution in [3.8, 4) is 5.75 Å². The Bertz CT molecular complexity index is 1030. The van der Waals surface area contributed by atoms with Crippen molar-refractivity contribution in [2.75, 3.05) is 0 Å². The Labute approximate surface area is 178 Å². The van der Waals surface area contributed by atoms with Crippen LogP contribution in [0.5, 0.6) is 5.75 Å². The highest BCUT2D eigenvalue weighted by Gasteiger charge is 2.32. The molecule has 0 radical (unpaired) electrons. The minimum atomic E-state index is -4.81. The molecule has 4 nitrogen and oxygen atoms in total. The van der Waals surface area contributed by atoms with Gasteiger partial charge < -0.3 is 9.84 Å². The van der Waals surface area contributed by atoms with E-state index in [0.29, 0.717) is 12.1 Å². The number of carboxylic acids is 1. The summed E-state index contributed by atoms with van der Waals surface area (Å²) in [7, 11) is 0. The summed E-state index contributed by atoms with van der Waals surface area (Å²) in [5.41, 5.74) is -3.16. The summed E-state index contributed by atoms with van der Waals surface area (Å²) < 4.78 is 57.2. The number of alkyl halides is 3. The Morgan fingerprint density at radius 2 is 1.70 bits per heavy atom. The van der Waals surface area contributed by atoms with Gasteiger partial charge in [-0.2, -0.15) is 13.2 Å². The lowest BCUT2D eigenvalue weighted by Gasteiger charge is -2.22. The molecule has 2 aromatic carbocycles. The van der Waals surface area contributed by atoms with Crippen molar-refractivity contribution in [3.05, 3.63) is 69.0 Å². The zero-order valence-corrected chi connectivity index (χ0v) is 17.0. The maximum atomic E-state index is 13.5. The van der Waals surface area contributed by atoms with E-state index in [-0.39, 0.29) is 27.4 Å². The largest absolute Gasteiger partial charge is 0.478 e. The molecule has 1 N–H and O–H groups in total. The van der Waals surface area contributed by atoms with Gasteiger partial charge in [0.15, 0.2) is 11.4 Å². The molecule has 0 bridgehead atoms. The molecule has 0 unspecified atom stereocenters. The molecule has 10 heteroatoms. The average molecular weight is 465 g/mol. The molecule has 0 aliphatic carbocycles. The van der Waals surface area contributed by atoms with Crippen molar-refractivity contribution in [1.82, 2.24) is 0 Å². The van der Waals surface area contributed by atoms with Crippen LogP contribution in [0.1, 0.15) is 35.3 Å². The molecule has 0 aromatic heterocycles. The van der Waals surface area contributed by atoms with Crippen LogP contribution in [0.2, 0.25) is 10.0 Å². The van der Waals surface area contributed by atoms with Crippen LogP contribution in [-0.2, 0) is 11.0 Å². The van der Waals surface area contributed by atoms with E-state index in [1.807, 2.05) is 0 Å². The average Bonchev–Trinajstić information content (AvgIpc) is 2.63. The minimum Gasteiger partial charge on any atom is -0.478 e. The van der Waals surface area contributed by atoms with E-state index in [1.54, 1.807) is 0 Å². The first-order valence-electron chi connectivity index (χ1n) is 8.23. The molecular weight excluding hydrogens is 451 g/mol. The highest BCUT2D eigenvalue weighted by molar-refractivity contribution is 6.43. The number of benzene rings is 2. The first kappa shape index (κ1) is 23.7. The number of ketones is 1. The third kappa shape index (κ3) is 5.52. The standard InChI is InChI=1S/C20H14Cl2F4O4/c1-19(2,18(28)29)30-15-6-4-10(16(21)17(15)22)3-5-14(27)11-7-12(20(24,25)26)9-13(23)8-11/h3-9H,1-2H3,(H,28,29). The third-order valence-corrected chi connectivity index (χ3v) is 4.76. The Morgan fingerprint density at radius 1 is 1.07 bits per heavy atom. The monoisotopic (exact) mass is 464 g/mol. The van der Waals surface area contributed by atoms with Gasteiger partial charge in [-0.1, -0.05) is 23.2 Å². The second-order valence-corrected chi connectivity index (χ2v) is 7.38. The quantitative estimate of drug-likeness (QED) is 0.310. The van der Waals surface area contributed by atoms with Gasteiger partial charge in [0.1, 0.15) is 16.6 Å². The van der Waals surface area contributed by atoms with Crippen LogP contribution in [0.25, 0.3) is 6.08 Å². The molecule has 0 saturated heterocycles. The maximum Gasteiger partial charge on any atom is 0.416 e. The zero-order valence-electron chi connectivity index (χ0n) is 15.5. The van der Waals surface area contributed by atoms with Gasteiger partial charge in [0.2, 0.25) is 0 Å². The summed E-state index contributed by atoms with van der Waals surface area (Å²) in [6.07, 6.45) is -2.72. The smallest absolute Gasteiger partial charge is 0.416 e. The molecule has 0 atom stereocenters. The number of carboxylic acid groups (broad SMARTS) is 1. The van der Waals surface area contributed by atoms with Crippen LogP contribution in [0.3, 0.4) is 0 Å². The fourth-order valence-electron chi connectivity index (χ4n) is 2.23. The van der Waals surface area contributed by atoms with Crippen LogP contribution in [0, 0.1) is 5.82 Å². The van der Waals surface area contributed by atoms with Gasteiger partial charge in [0.25, 0.3) is 0 Å². The predicted molar refractivity (Wildman–Crippen MR) is 104 cm³/mol. The molecule has 0 fully saturated rings. The lowest BCUT2D eigenvalue weighted by molar-refractivity contribution is -0.152.